The highest BCUT2D eigenvalue weighted by atomic mass is 35.5. The van der Waals surface area contributed by atoms with Crippen LogP contribution in [0.3, 0.4) is 0 Å². The van der Waals surface area contributed by atoms with Gasteiger partial charge in [0.25, 0.3) is 0 Å². The lowest BCUT2D eigenvalue weighted by atomic mass is 9.81. The van der Waals surface area contributed by atoms with E-state index in [9.17, 15) is 0 Å². The van der Waals surface area contributed by atoms with Gasteiger partial charge in [-0.25, -0.2) is 0 Å². The maximum atomic E-state index is 6.45. The van der Waals surface area contributed by atoms with Gasteiger partial charge in [-0.2, -0.15) is 0 Å². The van der Waals surface area contributed by atoms with Crippen molar-refractivity contribution in [3.05, 3.63) is 82.4 Å². The van der Waals surface area contributed by atoms with E-state index < -0.39 is 0 Å². The van der Waals surface area contributed by atoms with E-state index in [2.05, 4.69) is 81.4 Å². The van der Waals surface area contributed by atoms with Gasteiger partial charge in [0, 0.05) is 10.4 Å². The summed E-state index contributed by atoms with van der Waals surface area (Å²) in [6.07, 6.45) is 0. The molecular formula is C22H19Cl. The average molecular weight is 319 g/mol. The minimum absolute atomic E-state index is 0.00477. The van der Waals surface area contributed by atoms with Crippen molar-refractivity contribution in [3.8, 4) is 22.3 Å². The summed E-state index contributed by atoms with van der Waals surface area (Å²) in [5.74, 6) is 0. The lowest BCUT2D eigenvalue weighted by Gasteiger charge is -2.22. The smallest absolute Gasteiger partial charge is 0.0441 e. The standard InChI is InChI=1S/C22H19Cl/c1-14-12-19-17(13-20(14)23)21-16(15-8-5-4-6-9-15)10-7-11-18(21)22(19,2)3/h4-13H,1-3H3. The normalized spacial score (nSPS) is 14.4. The molecule has 1 aliphatic carbocycles. The number of hydrogen-bond acceptors (Lipinski definition) is 0. The highest BCUT2D eigenvalue weighted by Gasteiger charge is 2.37. The first-order valence-electron chi connectivity index (χ1n) is 8.00. The van der Waals surface area contributed by atoms with Crippen LogP contribution in [0.4, 0.5) is 0 Å². The lowest BCUT2D eigenvalue weighted by molar-refractivity contribution is 0.660. The van der Waals surface area contributed by atoms with Crippen LogP contribution in [-0.4, -0.2) is 0 Å². The SMILES string of the molecule is Cc1cc2c(cc1Cl)-c1c(-c3ccccc3)cccc1C2(C)C. The molecule has 0 saturated heterocycles. The minimum Gasteiger partial charge on any atom is -0.0840 e. The van der Waals surface area contributed by atoms with Gasteiger partial charge < -0.3 is 0 Å². The number of rotatable bonds is 1. The summed E-state index contributed by atoms with van der Waals surface area (Å²) >= 11 is 6.45. The Bertz CT molecular complexity index is 905. The maximum absolute atomic E-state index is 6.45. The van der Waals surface area contributed by atoms with Crippen molar-refractivity contribution in [1.82, 2.24) is 0 Å². The Morgan fingerprint density at radius 3 is 2.26 bits per heavy atom. The topological polar surface area (TPSA) is 0 Å². The summed E-state index contributed by atoms with van der Waals surface area (Å²) < 4.78 is 0. The molecule has 0 aromatic heterocycles. The Labute approximate surface area is 142 Å². The molecule has 4 rings (SSSR count). The third-order valence-corrected chi connectivity index (χ3v) is 5.47. The second-order valence-electron chi connectivity index (χ2n) is 6.87. The third-order valence-electron chi connectivity index (χ3n) is 5.06. The Kier molecular flexibility index (Phi) is 3.14. The average Bonchev–Trinajstić information content (AvgIpc) is 2.77. The van der Waals surface area contributed by atoms with Crippen LogP contribution in [-0.2, 0) is 5.41 Å². The van der Waals surface area contributed by atoms with Crippen molar-refractivity contribution in [2.75, 3.05) is 0 Å². The molecule has 0 fully saturated rings. The van der Waals surface area contributed by atoms with Crippen LogP contribution in [0.25, 0.3) is 22.3 Å². The van der Waals surface area contributed by atoms with Crippen LogP contribution in [0.5, 0.6) is 0 Å². The van der Waals surface area contributed by atoms with Crippen molar-refractivity contribution >= 4 is 11.6 Å². The number of hydrogen-bond donors (Lipinski definition) is 0. The van der Waals surface area contributed by atoms with Crippen LogP contribution in [0, 0.1) is 6.92 Å². The molecule has 0 radical (unpaired) electrons. The second-order valence-corrected chi connectivity index (χ2v) is 7.27. The van der Waals surface area contributed by atoms with Crippen LogP contribution >= 0.6 is 11.6 Å². The Morgan fingerprint density at radius 1 is 0.783 bits per heavy atom. The van der Waals surface area contributed by atoms with Gasteiger partial charge in [-0.05, 0) is 51.9 Å². The molecular weight excluding hydrogens is 300 g/mol. The molecule has 23 heavy (non-hydrogen) atoms. The van der Waals surface area contributed by atoms with E-state index in [1.807, 2.05) is 0 Å². The van der Waals surface area contributed by atoms with Gasteiger partial charge in [0.2, 0.25) is 0 Å². The van der Waals surface area contributed by atoms with Crippen LogP contribution in [0.15, 0.2) is 60.7 Å². The molecule has 0 bridgehead atoms. The summed E-state index contributed by atoms with van der Waals surface area (Å²) in [6.45, 7) is 6.69. The van der Waals surface area contributed by atoms with E-state index in [0.29, 0.717) is 0 Å². The van der Waals surface area contributed by atoms with E-state index in [1.165, 1.54) is 33.4 Å². The van der Waals surface area contributed by atoms with Crippen molar-refractivity contribution in [1.29, 1.82) is 0 Å². The molecule has 0 heterocycles. The van der Waals surface area contributed by atoms with Crippen molar-refractivity contribution in [3.63, 3.8) is 0 Å². The van der Waals surface area contributed by atoms with Gasteiger partial charge in [0.05, 0.1) is 0 Å². The first-order valence-corrected chi connectivity index (χ1v) is 8.38. The molecule has 0 spiro atoms. The van der Waals surface area contributed by atoms with Gasteiger partial charge in [-0.3, -0.25) is 0 Å². The lowest BCUT2D eigenvalue weighted by Crippen LogP contribution is -2.15. The number of benzene rings is 3. The summed E-state index contributed by atoms with van der Waals surface area (Å²) in [4.78, 5) is 0. The molecule has 1 heteroatoms. The Hall–Kier alpha value is -2.05. The van der Waals surface area contributed by atoms with Crippen LogP contribution in [0.2, 0.25) is 5.02 Å². The van der Waals surface area contributed by atoms with Crippen molar-refractivity contribution in [2.45, 2.75) is 26.2 Å². The minimum atomic E-state index is 0.00477. The summed E-state index contributed by atoms with van der Waals surface area (Å²) in [7, 11) is 0. The van der Waals surface area contributed by atoms with Gasteiger partial charge >= 0.3 is 0 Å². The molecule has 0 amide bonds. The predicted molar refractivity (Wildman–Crippen MR) is 99.2 cm³/mol. The molecule has 1 aliphatic rings. The van der Waals surface area contributed by atoms with Crippen molar-refractivity contribution < 1.29 is 0 Å². The fourth-order valence-electron chi connectivity index (χ4n) is 3.77. The third kappa shape index (κ3) is 2.05. The predicted octanol–water partition coefficient (Wildman–Crippen LogP) is 6.62. The van der Waals surface area contributed by atoms with Gasteiger partial charge in [0.1, 0.15) is 0 Å². The number of halogens is 1. The molecule has 3 aromatic rings. The van der Waals surface area contributed by atoms with E-state index in [0.717, 1.165) is 10.6 Å². The van der Waals surface area contributed by atoms with Gasteiger partial charge in [-0.15, -0.1) is 0 Å². The summed E-state index contributed by atoms with van der Waals surface area (Å²) in [5.41, 5.74) is 9.06. The molecule has 3 aromatic carbocycles. The molecule has 0 saturated carbocycles. The zero-order chi connectivity index (χ0) is 16.2. The maximum Gasteiger partial charge on any atom is 0.0441 e. The van der Waals surface area contributed by atoms with Crippen LogP contribution in [0.1, 0.15) is 30.5 Å². The highest BCUT2D eigenvalue weighted by molar-refractivity contribution is 6.31. The fourth-order valence-corrected chi connectivity index (χ4v) is 3.94. The highest BCUT2D eigenvalue weighted by Crippen LogP contribution is 2.52. The Morgan fingerprint density at radius 2 is 1.52 bits per heavy atom. The molecule has 0 N–H and O–H groups in total. The fraction of sp³-hybridized carbons (Fsp3) is 0.182. The first-order chi connectivity index (χ1) is 11.0. The number of fused-ring (bicyclic) bond motifs is 3. The molecule has 0 nitrogen and oxygen atoms in total. The first kappa shape index (κ1) is 14.5. The quantitative estimate of drug-likeness (QED) is 0.473. The molecule has 0 aliphatic heterocycles. The summed E-state index contributed by atoms with van der Waals surface area (Å²) in [6, 6.07) is 21.6. The van der Waals surface area contributed by atoms with E-state index >= 15 is 0 Å². The van der Waals surface area contributed by atoms with Crippen molar-refractivity contribution in [2.24, 2.45) is 0 Å². The van der Waals surface area contributed by atoms with E-state index in [1.54, 1.807) is 0 Å². The van der Waals surface area contributed by atoms with E-state index in [-0.39, 0.29) is 5.41 Å². The Balaban J connectivity index is 2.09. The monoisotopic (exact) mass is 318 g/mol. The van der Waals surface area contributed by atoms with Gasteiger partial charge in [-0.1, -0.05) is 80.0 Å². The molecule has 114 valence electrons. The van der Waals surface area contributed by atoms with Crippen LogP contribution < -0.4 is 0 Å². The zero-order valence-electron chi connectivity index (χ0n) is 13.7. The zero-order valence-corrected chi connectivity index (χ0v) is 14.4. The second kappa shape index (κ2) is 4.97. The largest absolute Gasteiger partial charge is 0.0840 e. The number of aryl methyl sites for hydroxylation is 1. The molecule has 0 unspecified atom stereocenters. The summed E-state index contributed by atoms with van der Waals surface area (Å²) in [5, 5.41) is 0.843. The van der Waals surface area contributed by atoms with E-state index in [4.69, 9.17) is 11.6 Å². The molecule has 0 atom stereocenters. The van der Waals surface area contributed by atoms with Gasteiger partial charge in [0.15, 0.2) is 0 Å².